The molecule has 1 heterocycles. The summed E-state index contributed by atoms with van der Waals surface area (Å²) in [5.74, 6) is -0.139. The van der Waals surface area contributed by atoms with Gasteiger partial charge in [-0.05, 0) is 19.1 Å². The number of aromatic amines is 1. The Labute approximate surface area is 112 Å². The van der Waals surface area contributed by atoms with Gasteiger partial charge in [-0.3, -0.25) is 4.79 Å². The van der Waals surface area contributed by atoms with Gasteiger partial charge < -0.3 is 10.1 Å². The van der Waals surface area contributed by atoms with E-state index in [-0.39, 0.29) is 6.42 Å². The van der Waals surface area contributed by atoms with Crippen molar-refractivity contribution >= 4 is 28.6 Å². The first kappa shape index (κ1) is 14.6. The van der Waals surface area contributed by atoms with Crippen molar-refractivity contribution in [1.29, 1.82) is 0 Å². The Bertz CT molecular complexity index is 519. The Morgan fingerprint density at radius 3 is 2.78 bits per heavy atom. The van der Waals surface area contributed by atoms with Crippen LogP contribution in [-0.2, 0) is 4.79 Å². The molecular weight excluding hydrogens is 246 g/mol. The molecule has 2 N–H and O–H groups in total. The molecule has 0 aliphatic rings. The van der Waals surface area contributed by atoms with Crippen LogP contribution in [-0.4, -0.2) is 21.8 Å². The molecule has 0 atom stereocenters. The molecule has 0 bridgehead atoms. The molecule has 0 fully saturated rings. The third kappa shape index (κ3) is 3.81. The number of H-pyrrole nitrogens is 1. The van der Waals surface area contributed by atoms with Crippen molar-refractivity contribution in [2.24, 2.45) is 0 Å². The van der Waals surface area contributed by atoms with Gasteiger partial charge in [-0.1, -0.05) is 25.5 Å². The zero-order chi connectivity index (χ0) is 13.5. The van der Waals surface area contributed by atoms with Gasteiger partial charge in [0.25, 0.3) is 0 Å². The van der Waals surface area contributed by atoms with Gasteiger partial charge in [-0.15, -0.1) is 11.8 Å². The van der Waals surface area contributed by atoms with Crippen LogP contribution in [0.2, 0.25) is 0 Å². The molecule has 0 aliphatic carbocycles. The average molecular weight is 265 g/mol. The Kier molecular flexibility index (Phi) is 5.78. The van der Waals surface area contributed by atoms with E-state index in [2.05, 4.69) is 24.0 Å². The molecule has 2 rings (SSSR count). The van der Waals surface area contributed by atoms with Crippen molar-refractivity contribution in [3.8, 4) is 0 Å². The smallest absolute Gasteiger partial charge is 0.304 e. The molecule has 4 heteroatoms. The zero-order valence-corrected chi connectivity index (χ0v) is 11.8. The topological polar surface area (TPSA) is 53.1 Å². The van der Waals surface area contributed by atoms with Crippen LogP contribution in [0, 0.1) is 6.92 Å². The summed E-state index contributed by atoms with van der Waals surface area (Å²) >= 11 is 1.58. The van der Waals surface area contributed by atoms with Crippen molar-refractivity contribution in [2.75, 3.05) is 5.75 Å². The van der Waals surface area contributed by atoms with E-state index in [0.717, 1.165) is 10.4 Å². The maximum atomic E-state index is 10.4. The summed E-state index contributed by atoms with van der Waals surface area (Å²) in [5.41, 5.74) is 2.32. The first-order chi connectivity index (χ1) is 8.66. The zero-order valence-electron chi connectivity index (χ0n) is 11.0. The molecule has 0 saturated heterocycles. The summed E-state index contributed by atoms with van der Waals surface area (Å²) in [6, 6.07) is 6.23. The van der Waals surface area contributed by atoms with E-state index in [4.69, 9.17) is 5.11 Å². The van der Waals surface area contributed by atoms with E-state index in [1.807, 2.05) is 26.1 Å². The van der Waals surface area contributed by atoms with Crippen LogP contribution < -0.4 is 0 Å². The molecular formula is C14H19NO2S. The van der Waals surface area contributed by atoms with Gasteiger partial charge in [-0.25, -0.2) is 0 Å². The highest BCUT2D eigenvalue weighted by Crippen LogP contribution is 2.28. The van der Waals surface area contributed by atoms with E-state index in [0.29, 0.717) is 5.75 Å². The van der Waals surface area contributed by atoms with Crippen LogP contribution in [0.4, 0.5) is 0 Å². The fourth-order valence-electron chi connectivity index (χ4n) is 1.58. The van der Waals surface area contributed by atoms with E-state index in [1.54, 1.807) is 11.8 Å². The Hall–Kier alpha value is -1.42. The van der Waals surface area contributed by atoms with E-state index in [9.17, 15) is 4.79 Å². The lowest BCUT2D eigenvalue weighted by molar-refractivity contribution is -0.136. The molecule has 0 spiro atoms. The predicted octanol–water partition coefficient (Wildman–Crippen LogP) is 4.07. The standard InChI is InChI=1S/C12H13NO2S.C2H6/c1-8-2-3-10-9(6-8)11(7-13-10)16-5-4-12(14)15;1-2/h2-3,6-7,13H,4-5H2,1H3,(H,14,15);1-2H3. The Balaban J connectivity index is 0.000000771. The van der Waals surface area contributed by atoms with Crippen molar-refractivity contribution in [3.05, 3.63) is 30.0 Å². The maximum Gasteiger partial charge on any atom is 0.304 e. The minimum absolute atomic E-state index is 0.198. The molecule has 3 nitrogen and oxygen atoms in total. The summed E-state index contributed by atoms with van der Waals surface area (Å²) in [5, 5.41) is 9.75. The number of carboxylic acid groups (broad SMARTS) is 1. The van der Waals surface area contributed by atoms with Crippen LogP contribution in [0.5, 0.6) is 0 Å². The number of aromatic nitrogens is 1. The average Bonchev–Trinajstić information content (AvgIpc) is 2.74. The fraction of sp³-hybridized carbons (Fsp3) is 0.357. The minimum Gasteiger partial charge on any atom is -0.481 e. The van der Waals surface area contributed by atoms with Crippen molar-refractivity contribution in [1.82, 2.24) is 4.98 Å². The number of hydrogen-bond donors (Lipinski definition) is 2. The Morgan fingerprint density at radius 1 is 1.39 bits per heavy atom. The first-order valence-corrected chi connectivity index (χ1v) is 7.08. The van der Waals surface area contributed by atoms with Crippen molar-refractivity contribution in [3.63, 3.8) is 0 Å². The van der Waals surface area contributed by atoms with Gasteiger partial charge in [0.1, 0.15) is 0 Å². The molecule has 1 aromatic carbocycles. The number of aliphatic carboxylic acids is 1. The minimum atomic E-state index is -0.747. The summed E-state index contributed by atoms with van der Waals surface area (Å²) in [6.07, 6.45) is 2.14. The summed E-state index contributed by atoms with van der Waals surface area (Å²) in [4.78, 5) is 14.7. The van der Waals surface area contributed by atoms with Crippen LogP contribution in [0.15, 0.2) is 29.3 Å². The fourth-order valence-corrected chi connectivity index (χ4v) is 2.54. The monoisotopic (exact) mass is 265 g/mol. The van der Waals surface area contributed by atoms with E-state index < -0.39 is 5.97 Å². The van der Waals surface area contributed by atoms with Crippen molar-refractivity contribution in [2.45, 2.75) is 32.1 Å². The summed E-state index contributed by atoms with van der Waals surface area (Å²) in [6.45, 7) is 6.05. The van der Waals surface area contributed by atoms with Gasteiger partial charge in [-0.2, -0.15) is 0 Å². The summed E-state index contributed by atoms with van der Waals surface area (Å²) in [7, 11) is 0. The van der Waals surface area contributed by atoms with Gasteiger partial charge in [0.05, 0.1) is 6.42 Å². The number of carbonyl (C=O) groups is 1. The van der Waals surface area contributed by atoms with Gasteiger partial charge in [0.2, 0.25) is 0 Å². The number of aryl methyl sites for hydroxylation is 1. The van der Waals surface area contributed by atoms with Gasteiger partial charge in [0.15, 0.2) is 0 Å². The third-order valence-electron chi connectivity index (χ3n) is 2.37. The van der Waals surface area contributed by atoms with Crippen LogP contribution in [0.25, 0.3) is 10.9 Å². The molecule has 0 saturated carbocycles. The molecule has 2 aromatic rings. The van der Waals surface area contributed by atoms with E-state index in [1.165, 1.54) is 10.9 Å². The third-order valence-corrected chi connectivity index (χ3v) is 3.43. The molecule has 0 amide bonds. The highest BCUT2D eigenvalue weighted by molar-refractivity contribution is 7.99. The molecule has 0 radical (unpaired) electrons. The number of thioether (sulfide) groups is 1. The number of hydrogen-bond acceptors (Lipinski definition) is 2. The number of nitrogens with one attached hydrogen (secondary N) is 1. The maximum absolute atomic E-state index is 10.4. The lowest BCUT2D eigenvalue weighted by Gasteiger charge is -1.98. The molecule has 18 heavy (non-hydrogen) atoms. The SMILES string of the molecule is CC.Cc1ccc2[nH]cc(SCCC(=O)O)c2c1. The first-order valence-electron chi connectivity index (χ1n) is 6.09. The quantitative estimate of drug-likeness (QED) is 0.819. The molecule has 1 aromatic heterocycles. The van der Waals surface area contributed by atoms with Gasteiger partial charge in [0, 0.05) is 27.7 Å². The Morgan fingerprint density at radius 2 is 2.11 bits per heavy atom. The van der Waals surface area contributed by atoms with Crippen molar-refractivity contribution < 1.29 is 9.90 Å². The highest BCUT2D eigenvalue weighted by Gasteiger charge is 2.05. The summed E-state index contributed by atoms with van der Waals surface area (Å²) < 4.78 is 0. The van der Waals surface area contributed by atoms with Crippen LogP contribution >= 0.6 is 11.8 Å². The van der Waals surface area contributed by atoms with Gasteiger partial charge >= 0.3 is 5.97 Å². The number of rotatable bonds is 4. The molecule has 98 valence electrons. The number of carboxylic acids is 1. The lowest BCUT2D eigenvalue weighted by Crippen LogP contribution is -1.95. The van der Waals surface area contributed by atoms with Crippen LogP contribution in [0.3, 0.4) is 0 Å². The highest BCUT2D eigenvalue weighted by atomic mass is 32.2. The normalized spacial score (nSPS) is 9.94. The largest absolute Gasteiger partial charge is 0.481 e. The lowest BCUT2D eigenvalue weighted by atomic mass is 10.2. The second-order valence-electron chi connectivity index (χ2n) is 3.69. The number of benzene rings is 1. The molecule has 0 aliphatic heterocycles. The number of fused-ring (bicyclic) bond motifs is 1. The van der Waals surface area contributed by atoms with Crippen LogP contribution in [0.1, 0.15) is 25.8 Å². The second kappa shape index (κ2) is 7.11. The predicted molar refractivity (Wildman–Crippen MR) is 77.4 cm³/mol. The second-order valence-corrected chi connectivity index (χ2v) is 4.83. The van der Waals surface area contributed by atoms with E-state index >= 15 is 0 Å². The molecule has 0 unspecified atom stereocenters.